The summed E-state index contributed by atoms with van der Waals surface area (Å²) in [5.41, 5.74) is 7.27. The SMILES string of the molecule is C=CCC[C@@H](N)c1ccccc1I. The Morgan fingerprint density at radius 1 is 1.46 bits per heavy atom. The Kier molecular flexibility index (Phi) is 4.45. The zero-order chi connectivity index (χ0) is 9.68. The minimum atomic E-state index is 0.145. The zero-order valence-corrected chi connectivity index (χ0v) is 9.70. The van der Waals surface area contributed by atoms with Gasteiger partial charge in [-0.15, -0.1) is 6.58 Å². The topological polar surface area (TPSA) is 26.0 Å². The predicted molar refractivity (Wildman–Crippen MR) is 65.5 cm³/mol. The molecule has 70 valence electrons. The van der Waals surface area contributed by atoms with Crippen LogP contribution in [0.2, 0.25) is 0 Å². The Hall–Kier alpha value is -0.350. The van der Waals surface area contributed by atoms with Crippen LogP contribution in [-0.4, -0.2) is 0 Å². The highest BCUT2D eigenvalue weighted by Gasteiger charge is 2.07. The summed E-state index contributed by atoms with van der Waals surface area (Å²) in [4.78, 5) is 0. The molecule has 0 spiro atoms. The summed E-state index contributed by atoms with van der Waals surface area (Å²) in [5.74, 6) is 0. The minimum absolute atomic E-state index is 0.145. The fraction of sp³-hybridized carbons (Fsp3) is 0.273. The molecule has 0 saturated carbocycles. The second-order valence-electron chi connectivity index (χ2n) is 2.99. The number of benzene rings is 1. The molecule has 1 nitrogen and oxygen atoms in total. The first-order chi connectivity index (χ1) is 6.25. The molecule has 0 heterocycles. The predicted octanol–water partition coefficient (Wildman–Crippen LogP) is 3.26. The molecule has 1 atom stereocenters. The van der Waals surface area contributed by atoms with Crippen LogP contribution in [-0.2, 0) is 0 Å². The number of hydrogen-bond donors (Lipinski definition) is 1. The first kappa shape index (κ1) is 10.7. The van der Waals surface area contributed by atoms with Gasteiger partial charge in [-0.2, -0.15) is 0 Å². The molecule has 2 heteroatoms. The van der Waals surface area contributed by atoms with Crippen molar-refractivity contribution in [2.75, 3.05) is 0 Å². The Morgan fingerprint density at radius 2 is 2.15 bits per heavy atom. The molecule has 1 aromatic rings. The third-order valence-electron chi connectivity index (χ3n) is 1.99. The second kappa shape index (κ2) is 5.40. The molecule has 0 amide bonds. The van der Waals surface area contributed by atoms with E-state index in [4.69, 9.17) is 5.73 Å². The van der Waals surface area contributed by atoms with Crippen molar-refractivity contribution in [3.63, 3.8) is 0 Å². The van der Waals surface area contributed by atoms with E-state index >= 15 is 0 Å². The molecular formula is C11H14IN. The summed E-state index contributed by atoms with van der Waals surface area (Å²) in [6.45, 7) is 3.69. The zero-order valence-electron chi connectivity index (χ0n) is 7.54. The Morgan fingerprint density at radius 3 is 2.77 bits per heavy atom. The molecule has 0 unspecified atom stereocenters. The third-order valence-corrected chi connectivity index (χ3v) is 2.97. The molecule has 0 saturated heterocycles. The molecule has 0 aliphatic heterocycles. The van der Waals surface area contributed by atoms with Crippen LogP contribution in [0.3, 0.4) is 0 Å². The van der Waals surface area contributed by atoms with Crippen molar-refractivity contribution in [2.24, 2.45) is 5.73 Å². The summed E-state index contributed by atoms with van der Waals surface area (Å²) in [6.07, 6.45) is 3.87. The molecule has 2 N–H and O–H groups in total. The van der Waals surface area contributed by atoms with Gasteiger partial charge in [-0.05, 0) is 47.1 Å². The Bertz CT molecular complexity index is 283. The van der Waals surface area contributed by atoms with Crippen molar-refractivity contribution in [3.8, 4) is 0 Å². The van der Waals surface area contributed by atoms with E-state index in [2.05, 4.69) is 41.3 Å². The number of allylic oxidation sites excluding steroid dienone is 1. The lowest BCUT2D eigenvalue weighted by Gasteiger charge is -2.12. The van der Waals surface area contributed by atoms with Gasteiger partial charge >= 0.3 is 0 Å². The molecule has 0 fully saturated rings. The van der Waals surface area contributed by atoms with Crippen LogP contribution in [0.4, 0.5) is 0 Å². The monoisotopic (exact) mass is 287 g/mol. The summed E-state index contributed by atoms with van der Waals surface area (Å²) in [7, 11) is 0. The van der Waals surface area contributed by atoms with E-state index in [0.29, 0.717) is 0 Å². The van der Waals surface area contributed by atoms with E-state index in [0.717, 1.165) is 12.8 Å². The number of rotatable bonds is 4. The average molecular weight is 287 g/mol. The van der Waals surface area contributed by atoms with Crippen LogP contribution < -0.4 is 5.73 Å². The van der Waals surface area contributed by atoms with Crippen LogP contribution in [0.25, 0.3) is 0 Å². The van der Waals surface area contributed by atoms with Crippen LogP contribution in [0, 0.1) is 3.57 Å². The molecule has 13 heavy (non-hydrogen) atoms. The first-order valence-corrected chi connectivity index (χ1v) is 5.44. The summed E-state index contributed by atoms with van der Waals surface area (Å²) in [6, 6.07) is 8.39. The van der Waals surface area contributed by atoms with Crippen molar-refractivity contribution in [1.82, 2.24) is 0 Å². The van der Waals surface area contributed by atoms with Gasteiger partial charge in [-0.25, -0.2) is 0 Å². The molecule has 1 rings (SSSR count). The smallest absolute Gasteiger partial charge is 0.0308 e. The van der Waals surface area contributed by atoms with Gasteiger partial charge in [0.05, 0.1) is 0 Å². The molecule has 0 aliphatic rings. The molecule has 1 aromatic carbocycles. The standard InChI is InChI=1S/C11H14IN/c1-2-3-8-11(13)9-6-4-5-7-10(9)12/h2,4-7,11H,1,3,8,13H2/t11-/m1/s1. The fourth-order valence-electron chi connectivity index (χ4n) is 1.23. The van der Waals surface area contributed by atoms with E-state index in [1.54, 1.807) is 0 Å². The van der Waals surface area contributed by atoms with Gasteiger partial charge in [-0.3, -0.25) is 0 Å². The van der Waals surface area contributed by atoms with Crippen molar-refractivity contribution in [1.29, 1.82) is 0 Å². The summed E-state index contributed by atoms with van der Waals surface area (Å²) < 4.78 is 1.25. The maximum atomic E-state index is 6.03. The van der Waals surface area contributed by atoms with Gasteiger partial charge < -0.3 is 5.73 Å². The van der Waals surface area contributed by atoms with Crippen LogP contribution >= 0.6 is 22.6 Å². The van der Waals surface area contributed by atoms with Gasteiger partial charge in [0.2, 0.25) is 0 Å². The number of nitrogens with two attached hydrogens (primary N) is 1. The van der Waals surface area contributed by atoms with E-state index in [9.17, 15) is 0 Å². The molecular weight excluding hydrogens is 273 g/mol. The van der Waals surface area contributed by atoms with Gasteiger partial charge in [0, 0.05) is 9.61 Å². The number of halogens is 1. The lowest BCUT2D eigenvalue weighted by atomic mass is 10.0. The summed E-state index contributed by atoms with van der Waals surface area (Å²) in [5, 5.41) is 0. The van der Waals surface area contributed by atoms with Gasteiger partial charge in [0.15, 0.2) is 0 Å². The molecule has 0 bridgehead atoms. The lowest BCUT2D eigenvalue weighted by molar-refractivity contribution is 0.658. The largest absolute Gasteiger partial charge is 0.324 e. The highest BCUT2D eigenvalue weighted by Crippen LogP contribution is 2.21. The Balaban J connectivity index is 2.70. The van der Waals surface area contributed by atoms with Crippen molar-refractivity contribution >= 4 is 22.6 Å². The quantitative estimate of drug-likeness (QED) is 0.667. The van der Waals surface area contributed by atoms with Gasteiger partial charge in [0.25, 0.3) is 0 Å². The molecule has 0 aromatic heterocycles. The van der Waals surface area contributed by atoms with E-state index in [1.807, 2.05) is 18.2 Å². The summed E-state index contributed by atoms with van der Waals surface area (Å²) >= 11 is 2.32. The van der Waals surface area contributed by atoms with Crippen LogP contribution in [0.15, 0.2) is 36.9 Å². The molecule has 0 radical (unpaired) electrons. The Labute approximate surface area is 93.2 Å². The van der Waals surface area contributed by atoms with Crippen molar-refractivity contribution in [2.45, 2.75) is 18.9 Å². The minimum Gasteiger partial charge on any atom is -0.324 e. The third kappa shape index (κ3) is 3.12. The normalized spacial score (nSPS) is 12.5. The van der Waals surface area contributed by atoms with E-state index < -0.39 is 0 Å². The maximum absolute atomic E-state index is 6.03. The second-order valence-corrected chi connectivity index (χ2v) is 4.16. The van der Waals surface area contributed by atoms with Crippen molar-refractivity contribution < 1.29 is 0 Å². The lowest BCUT2D eigenvalue weighted by Crippen LogP contribution is -2.11. The first-order valence-electron chi connectivity index (χ1n) is 4.36. The highest BCUT2D eigenvalue weighted by atomic mass is 127. The average Bonchev–Trinajstić information content (AvgIpc) is 2.15. The fourth-order valence-corrected chi connectivity index (χ4v) is 2.02. The van der Waals surface area contributed by atoms with E-state index in [1.165, 1.54) is 9.13 Å². The van der Waals surface area contributed by atoms with Crippen LogP contribution in [0.5, 0.6) is 0 Å². The maximum Gasteiger partial charge on any atom is 0.0308 e. The van der Waals surface area contributed by atoms with Crippen LogP contribution in [0.1, 0.15) is 24.4 Å². The van der Waals surface area contributed by atoms with Crippen molar-refractivity contribution in [3.05, 3.63) is 46.1 Å². The van der Waals surface area contributed by atoms with Gasteiger partial charge in [-0.1, -0.05) is 24.3 Å². The van der Waals surface area contributed by atoms with Gasteiger partial charge in [0.1, 0.15) is 0 Å². The molecule has 0 aliphatic carbocycles. The number of hydrogen-bond acceptors (Lipinski definition) is 1. The highest BCUT2D eigenvalue weighted by molar-refractivity contribution is 14.1. The van der Waals surface area contributed by atoms with E-state index in [-0.39, 0.29) is 6.04 Å².